The Morgan fingerprint density at radius 2 is 2.13 bits per heavy atom. The molecule has 0 spiro atoms. The highest BCUT2D eigenvalue weighted by molar-refractivity contribution is 5.94. The second kappa shape index (κ2) is 6.42. The van der Waals surface area contributed by atoms with E-state index < -0.39 is 6.10 Å². The number of carbonyl (C=O) groups excluding carboxylic acids is 1. The number of amides is 1. The molecule has 0 saturated carbocycles. The molecule has 2 aromatic rings. The van der Waals surface area contributed by atoms with Gasteiger partial charge >= 0.3 is 0 Å². The summed E-state index contributed by atoms with van der Waals surface area (Å²) < 4.78 is 10.8. The topological polar surface area (TPSA) is 75.8 Å². The highest BCUT2D eigenvalue weighted by atomic mass is 16.5. The third-order valence-corrected chi connectivity index (χ3v) is 4.12. The highest BCUT2D eigenvalue weighted by Gasteiger charge is 2.25. The Labute approximate surface area is 134 Å². The van der Waals surface area contributed by atoms with Crippen molar-refractivity contribution in [1.82, 2.24) is 10.1 Å². The van der Waals surface area contributed by atoms with Crippen molar-refractivity contribution in [3.8, 4) is 5.75 Å². The third kappa shape index (κ3) is 3.37. The predicted molar refractivity (Wildman–Crippen MR) is 83.3 cm³/mol. The van der Waals surface area contributed by atoms with E-state index in [-0.39, 0.29) is 5.91 Å². The van der Waals surface area contributed by atoms with E-state index in [4.69, 9.17) is 9.26 Å². The van der Waals surface area contributed by atoms with Crippen molar-refractivity contribution in [2.24, 2.45) is 0 Å². The molecule has 1 aromatic heterocycles. The number of rotatable bonds is 4. The maximum Gasteiger partial charge on any atom is 0.253 e. The largest absolute Gasteiger partial charge is 0.489 e. The first kappa shape index (κ1) is 15.6. The van der Waals surface area contributed by atoms with E-state index >= 15 is 0 Å². The molecule has 1 saturated heterocycles. The summed E-state index contributed by atoms with van der Waals surface area (Å²) in [6.07, 6.45) is 0.237. The monoisotopic (exact) mass is 316 g/mol. The zero-order valence-corrected chi connectivity index (χ0v) is 13.3. The van der Waals surface area contributed by atoms with Crippen LogP contribution in [0.2, 0.25) is 0 Å². The van der Waals surface area contributed by atoms with Gasteiger partial charge in [0.1, 0.15) is 18.1 Å². The summed E-state index contributed by atoms with van der Waals surface area (Å²) in [6, 6.07) is 7.04. The minimum absolute atomic E-state index is 0.0566. The van der Waals surface area contributed by atoms with Crippen LogP contribution in [0.1, 0.15) is 33.8 Å². The van der Waals surface area contributed by atoms with Crippen LogP contribution in [0, 0.1) is 13.8 Å². The number of hydrogen-bond acceptors (Lipinski definition) is 5. The Kier molecular flexibility index (Phi) is 4.34. The van der Waals surface area contributed by atoms with Gasteiger partial charge in [-0.15, -0.1) is 0 Å². The van der Waals surface area contributed by atoms with Gasteiger partial charge in [0.2, 0.25) is 0 Å². The van der Waals surface area contributed by atoms with Gasteiger partial charge in [-0.2, -0.15) is 0 Å². The number of aromatic nitrogens is 1. The molecule has 1 amide bonds. The fraction of sp³-hybridized carbons (Fsp3) is 0.412. The van der Waals surface area contributed by atoms with Crippen LogP contribution in [-0.4, -0.2) is 40.3 Å². The van der Waals surface area contributed by atoms with Crippen LogP contribution >= 0.6 is 0 Å². The number of aliphatic hydroxyl groups is 1. The molecule has 3 rings (SSSR count). The van der Waals surface area contributed by atoms with Crippen LogP contribution in [0.25, 0.3) is 0 Å². The van der Waals surface area contributed by atoms with Gasteiger partial charge in [-0.3, -0.25) is 4.79 Å². The Morgan fingerprint density at radius 3 is 2.70 bits per heavy atom. The molecule has 1 N–H and O–H groups in total. The fourth-order valence-corrected chi connectivity index (χ4v) is 2.67. The number of ether oxygens (including phenoxy) is 1. The van der Waals surface area contributed by atoms with Crippen LogP contribution in [0.3, 0.4) is 0 Å². The molecule has 1 aromatic carbocycles. The summed E-state index contributed by atoms with van der Waals surface area (Å²) in [5.74, 6) is 1.38. The van der Waals surface area contributed by atoms with Gasteiger partial charge in [-0.1, -0.05) is 5.16 Å². The van der Waals surface area contributed by atoms with Crippen molar-refractivity contribution < 1.29 is 19.2 Å². The van der Waals surface area contributed by atoms with Crippen molar-refractivity contribution in [2.45, 2.75) is 33.0 Å². The number of β-amino-alcohol motifs (C(OH)–C–C–N with tert-alkyl or cyclic N) is 1. The zero-order valence-electron chi connectivity index (χ0n) is 13.3. The van der Waals surface area contributed by atoms with Crippen molar-refractivity contribution in [2.75, 3.05) is 13.1 Å². The lowest BCUT2D eigenvalue weighted by atomic mass is 10.2. The first-order valence-corrected chi connectivity index (χ1v) is 7.66. The van der Waals surface area contributed by atoms with Gasteiger partial charge in [0.05, 0.1) is 17.4 Å². The molecule has 0 bridgehead atoms. The molecule has 1 aliphatic heterocycles. The average molecular weight is 316 g/mol. The van der Waals surface area contributed by atoms with E-state index in [0.717, 1.165) is 17.0 Å². The molecule has 1 fully saturated rings. The van der Waals surface area contributed by atoms with E-state index in [9.17, 15) is 9.90 Å². The van der Waals surface area contributed by atoms with Crippen LogP contribution < -0.4 is 4.74 Å². The molecule has 0 unspecified atom stereocenters. The second-order valence-corrected chi connectivity index (χ2v) is 5.81. The number of aryl methyl sites for hydroxylation is 2. The zero-order chi connectivity index (χ0) is 16.4. The van der Waals surface area contributed by atoms with E-state index in [1.165, 1.54) is 0 Å². The van der Waals surface area contributed by atoms with Crippen molar-refractivity contribution in [3.63, 3.8) is 0 Å². The summed E-state index contributed by atoms with van der Waals surface area (Å²) >= 11 is 0. The number of benzene rings is 1. The van der Waals surface area contributed by atoms with Crippen LogP contribution in [0.5, 0.6) is 5.75 Å². The standard InChI is InChI=1S/C17H20N2O4/c1-11-16(12(2)23-18-11)10-22-15-5-3-13(4-6-15)17(21)19-8-7-14(20)9-19/h3-6,14,20H,7-10H2,1-2H3/t14-/m1/s1. The molecule has 122 valence electrons. The molecule has 23 heavy (non-hydrogen) atoms. The number of likely N-dealkylation sites (tertiary alicyclic amines) is 1. The van der Waals surface area contributed by atoms with Gasteiger partial charge in [-0.05, 0) is 44.5 Å². The van der Waals surface area contributed by atoms with Gasteiger partial charge in [-0.25, -0.2) is 0 Å². The Bertz CT molecular complexity index is 674. The number of hydrogen-bond donors (Lipinski definition) is 1. The van der Waals surface area contributed by atoms with Crippen molar-refractivity contribution >= 4 is 5.91 Å². The van der Waals surface area contributed by atoms with Crippen LogP contribution in [0.15, 0.2) is 28.8 Å². The van der Waals surface area contributed by atoms with E-state index in [1.54, 1.807) is 29.2 Å². The fourth-order valence-electron chi connectivity index (χ4n) is 2.67. The normalized spacial score (nSPS) is 17.5. The summed E-state index contributed by atoms with van der Waals surface area (Å²) in [5, 5.41) is 13.4. The predicted octanol–water partition coefficient (Wildman–Crippen LogP) is 2.08. The van der Waals surface area contributed by atoms with Crippen LogP contribution in [-0.2, 0) is 6.61 Å². The molecule has 1 aliphatic rings. The summed E-state index contributed by atoms with van der Waals surface area (Å²) in [6.45, 7) is 5.12. The SMILES string of the molecule is Cc1noc(C)c1COc1ccc(C(=O)N2CC[C@@H](O)C2)cc1. The van der Waals surface area contributed by atoms with Crippen molar-refractivity contribution in [3.05, 3.63) is 46.8 Å². The lowest BCUT2D eigenvalue weighted by Gasteiger charge is -2.15. The Morgan fingerprint density at radius 1 is 1.39 bits per heavy atom. The quantitative estimate of drug-likeness (QED) is 0.934. The highest BCUT2D eigenvalue weighted by Crippen LogP contribution is 2.19. The van der Waals surface area contributed by atoms with Gasteiger partial charge in [0, 0.05) is 18.7 Å². The summed E-state index contributed by atoms with van der Waals surface area (Å²) in [5.41, 5.74) is 2.36. The van der Waals surface area contributed by atoms with E-state index in [2.05, 4.69) is 5.16 Å². The van der Waals surface area contributed by atoms with Crippen LogP contribution in [0.4, 0.5) is 0 Å². The molecule has 6 nitrogen and oxygen atoms in total. The number of carbonyl (C=O) groups is 1. The maximum absolute atomic E-state index is 12.3. The number of nitrogens with zero attached hydrogens (tertiary/aromatic N) is 2. The lowest BCUT2D eigenvalue weighted by Crippen LogP contribution is -2.29. The summed E-state index contributed by atoms with van der Waals surface area (Å²) in [4.78, 5) is 14.0. The minimum atomic E-state index is -0.406. The smallest absolute Gasteiger partial charge is 0.253 e. The Balaban J connectivity index is 1.62. The number of aliphatic hydroxyl groups excluding tert-OH is 1. The molecule has 0 radical (unpaired) electrons. The summed E-state index contributed by atoms with van der Waals surface area (Å²) in [7, 11) is 0. The van der Waals surface area contributed by atoms with Gasteiger partial charge in [0.25, 0.3) is 5.91 Å². The first-order valence-electron chi connectivity index (χ1n) is 7.66. The molecular weight excluding hydrogens is 296 g/mol. The molecular formula is C17H20N2O4. The molecule has 1 atom stereocenters. The molecule has 2 heterocycles. The van der Waals surface area contributed by atoms with Crippen molar-refractivity contribution in [1.29, 1.82) is 0 Å². The molecule has 0 aliphatic carbocycles. The Hall–Kier alpha value is -2.34. The maximum atomic E-state index is 12.3. The minimum Gasteiger partial charge on any atom is -0.489 e. The van der Waals surface area contributed by atoms with E-state index in [1.807, 2.05) is 13.8 Å². The van der Waals surface area contributed by atoms with Gasteiger partial charge < -0.3 is 19.3 Å². The first-order chi connectivity index (χ1) is 11.0. The second-order valence-electron chi connectivity index (χ2n) is 5.81. The third-order valence-electron chi connectivity index (χ3n) is 4.12. The lowest BCUT2D eigenvalue weighted by molar-refractivity contribution is 0.0765. The average Bonchev–Trinajstić information content (AvgIpc) is 3.12. The molecule has 6 heteroatoms. The van der Waals surface area contributed by atoms with Gasteiger partial charge in [0.15, 0.2) is 0 Å². The van der Waals surface area contributed by atoms with E-state index in [0.29, 0.717) is 37.4 Å².